The summed E-state index contributed by atoms with van der Waals surface area (Å²) in [7, 11) is -4.76. The molecule has 8 nitrogen and oxygen atoms in total. The lowest BCUT2D eigenvalue weighted by molar-refractivity contribution is -0.161. The van der Waals surface area contributed by atoms with E-state index in [1.165, 1.54) is 44.9 Å². The molecule has 0 aliphatic rings. The number of rotatable bonds is 35. The molecule has 0 aromatic rings. The highest BCUT2D eigenvalue weighted by atomic mass is 31.2. The molecule has 50 heavy (non-hydrogen) atoms. The van der Waals surface area contributed by atoms with Crippen molar-refractivity contribution in [1.82, 2.24) is 0 Å². The smallest absolute Gasteiger partial charge is 0.462 e. The Hall–Kier alpha value is -2.25. The third-order valence-electron chi connectivity index (χ3n) is 8.02. The van der Waals surface area contributed by atoms with Crippen molar-refractivity contribution in [2.75, 3.05) is 13.2 Å². The molecule has 0 saturated carbocycles. The van der Waals surface area contributed by atoms with Gasteiger partial charge in [-0.25, -0.2) is 4.57 Å². The quantitative estimate of drug-likeness (QED) is 0.0287. The zero-order chi connectivity index (χ0) is 36.8. The zero-order valence-corrected chi connectivity index (χ0v) is 32.4. The third kappa shape index (κ3) is 38.6. The van der Waals surface area contributed by atoms with Gasteiger partial charge in [0.15, 0.2) is 6.10 Å². The fourth-order valence-electron chi connectivity index (χ4n) is 5.12. The number of allylic oxidation sites excluding steroid dienone is 10. The summed E-state index contributed by atoms with van der Waals surface area (Å²) in [6, 6.07) is 0. The van der Waals surface area contributed by atoms with Crippen LogP contribution in [-0.2, 0) is 28.2 Å². The topological polar surface area (TPSA) is 119 Å². The van der Waals surface area contributed by atoms with Gasteiger partial charge in [0.1, 0.15) is 6.61 Å². The molecule has 0 amide bonds. The van der Waals surface area contributed by atoms with Crippen molar-refractivity contribution in [3.63, 3.8) is 0 Å². The minimum absolute atomic E-state index is 0.188. The fraction of sp³-hybridized carbons (Fsp3) is 0.707. The van der Waals surface area contributed by atoms with E-state index in [1.807, 2.05) is 0 Å². The van der Waals surface area contributed by atoms with E-state index in [2.05, 4.69) is 79.1 Å². The molecule has 2 N–H and O–H groups in total. The maximum Gasteiger partial charge on any atom is 0.469 e. The van der Waals surface area contributed by atoms with Crippen molar-refractivity contribution in [2.45, 2.75) is 174 Å². The SMILES string of the molecule is CC/C=C\C/C=C\C/C=C\CCCCCCCC(=O)OC(COC(=O)CCCCCCCCC/C=C\C/C=C\CCCCC)COP(=O)(O)O. The summed E-state index contributed by atoms with van der Waals surface area (Å²) in [5.74, 6) is -0.918. The molecule has 0 aliphatic heterocycles. The summed E-state index contributed by atoms with van der Waals surface area (Å²) in [5, 5.41) is 0. The van der Waals surface area contributed by atoms with Crippen LogP contribution >= 0.6 is 7.82 Å². The van der Waals surface area contributed by atoms with Crippen LogP contribution in [0.25, 0.3) is 0 Å². The first-order chi connectivity index (χ1) is 24.3. The van der Waals surface area contributed by atoms with E-state index in [0.29, 0.717) is 12.8 Å². The van der Waals surface area contributed by atoms with Crippen molar-refractivity contribution in [2.24, 2.45) is 0 Å². The van der Waals surface area contributed by atoms with Crippen molar-refractivity contribution < 1.29 is 37.9 Å². The Kier molecular flexibility index (Phi) is 34.9. The fourth-order valence-corrected chi connectivity index (χ4v) is 5.48. The molecule has 0 aromatic carbocycles. The average Bonchev–Trinajstić information content (AvgIpc) is 3.08. The normalized spacial score (nSPS) is 13.1. The molecule has 1 unspecified atom stereocenters. The molecule has 0 radical (unpaired) electrons. The van der Waals surface area contributed by atoms with Gasteiger partial charge < -0.3 is 19.3 Å². The Morgan fingerprint density at radius 2 is 0.960 bits per heavy atom. The summed E-state index contributed by atoms with van der Waals surface area (Å²) >= 11 is 0. The molecule has 0 saturated heterocycles. The average molecular weight is 723 g/mol. The number of phosphoric ester groups is 1. The monoisotopic (exact) mass is 722 g/mol. The third-order valence-corrected chi connectivity index (χ3v) is 8.51. The molecule has 0 rings (SSSR count). The van der Waals surface area contributed by atoms with Crippen LogP contribution < -0.4 is 0 Å². The second kappa shape index (κ2) is 36.5. The van der Waals surface area contributed by atoms with Crippen LogP contribution in [0.5, 0.6) is 0 Å². The first-order valence-electron chi connectivity index (χ1n) is 19.6. The van der Waals surface area contributed by atoms with Gasteiger partial charge >= 0.3 is 19.8 Å². The largest absolute Gasteiger partial charge is 0.469 e. The zero-order valence-electron chi connectivity index (χ0n) is 31.5. The number of carbonyl (C=O) groups is 2. The van der Waals surface area contributed by atoms with Gasteiger partial charge in [0.2, 0.25) is 0 Å². The van der Waals surface area contributed by atoms with Crippen LogP contribution in [0.4, 0.5) is 0 Å². The number of hydrogen-bond donors (Lipinski definition) is 2. The number of ether oxygens (including phenoxy) is 2. The lowest BCUT2D eigenvalue weighted by Gasteiger charge is -2.18. The van der Waals surface area contributed by atoms with Gasteiger partial charge in [0, 0.05) is 12.8 Å². The molecule has 0 heterocycles. The highest BCUT2D eigenvalue weighted by Gasteiger charge is 2.22. The first-order valence-corrected chi connectivity index (χ1v) is 21.1. The lowest BCUT2D eigenvalue weighted by atomic mass is 10.1. The molecule has 1 atom stereocenters. The molecule has 0 spiro atoms. The predicted molar refractivity (Wildman–Crippen MR) is 207 cm³/mol. The Morgan fingerprint density at radius 3 is 1.44 bits per heavy atom. The van der Waals surface area contributed by atoms with Gasteiger partial charge in [0.25, 0.3) is 0 Å². The van der Waals surface area contributed by atoms with E-state index in [1.54, 1.807) is 0 Å². The Balaban J connectivity index is 3.99. The van der Waals surface area contributed by atoms with Crippen LogP contribution in [-0.4, -0.2) is 41.0 Å². The minimum Gasteiger partial charge on any atom is -0.462 e. The van der Waals surface area contributed by atoms with Crippen molar-refractivity contribution >= 4 is 19.8 Å². The van der Waals surface area contributed by atoms with Gasteiger partial charge in [-0.15, -0.1) is 0 Å². The molecule has 0 aromatic heterocycles. The maximum atomic E-state index is 12.4. The van der Waals surface area contributed by atoms with Crippen LogP contribution in [0, 0.1) is 0 Å². The summed E-state index contributed by atoms with van der Waals surface area (Å²) < 4.78 is 26.3. The predicted octanol–water partition coefficient (Wildman–Crippen LogP) is 11.7. The first kappa shape index (κ1) is 47.8. The number of carbonyl (C=O) groups excluding carboxylic acids is 2. The van der Waals surface area contributed by atoms with Crippen LogP contribution in [0.2, 0.25) is 0 Å². The number of unbranched alkanes of at least 4 members (excludes halogenated alkanes) is 15. The highest BCUT2D eigenvalue weighted by molar-refractivity contribution is 7.46. The number of hydrogen-bond acceptors (Lipinski definition) is 6. The van der Waals surface area contributed by atoms with Crippen LogP contribution in [0.15, 0.2) is 60.8 Å². The van der Waals surface area contributed by atoms with Crippen molar-refractivity contribution in [3.8, 4) is 0 Å². The van der Waals surface area contributed by atoms with E-state index in [4.69, 9.17) is 19.3 Å². The molecule has 0 bridgehead atoms. The van der Waals surface area contributed by atoms with Gasteiger partial charge in [0.05, 0.1) is 6.61 Å². The van der Waals surface area contributed by atoms with E-state index >= 15 is 0 Å². The van der Waals surface area contributed by atoms with E-state index < -0.39 is 32.5 Å². The lowest BCUT2D eigenvalue weighted by Crippen LogP contribution is -2.29. The van der Waals surface area contributed by atoms with E-state index in [-0.39, 0.29) is 19.4 Å². The van der Waals surface area contributed by atoms with Crippen LogP contribution in [0.1, 0.15) is 168 Å². The van der Waals surface area contributed by atoms with Crippen molar-refractivity contribution in [1.29, 1.82) is 0 Å². The number of phosphoric acid groups is 1. The summed E-state index contributed by atoms with van der Waals surface area (Å²) in [4.78, 5) is 42.8. The van der Waals surface area contributed by atoms with Crippen LogP contribution in [0.3, 0.4) is 0 Å². The molecule has 0 aliphatic carbocycles. The maximum absolute atomic E-state index is 12.4. The van der Waals surface area contributed by atoms with Gasteiger partial charge in [-0.05, 0) is 77.0 Å². The molecular weight excluding hydrogens is 651 g/mol. The second-order valence-corrected chi connectivity index (χ2v) is 14.1. The molecular formula is C41H71O8P. The Morgan fingerprint density at radius 1 is 0.540 bits per heavy atom. The van der Waals surface area contributed by atoms with Gasteiger partial charge in [-0.2, -0.15) is 0 Å². The van der Waals surface area contributed by atoms with E-state index in [9.17, 15) is 14.2 Å². The second-order valence-electron chi connectivity index (χ2n) is 12.9. The summed E-state index contributed by atoms with van der Waals surface area (Å²) in [6.45, 7) is 3.51. The minimum atomic E-state index is -4.76. The molecule has 0 fully saturated rings. The highest BCUT2D eigenvalue weighted by Crippen LogP contribution is 2.36. The summed E-state index contributed by atoms with van der Waals surface area (Å²) in [6.07, 6.45) is 45.1. The van der Waals surface area contributed by atoms with E-state index in [0.717, 1.165) is 83.5 Å². The summed E-state index contributed by atoms with van der Waals surface area (Å²) in [5.41, 5.74) is 0. The number of esters is 2. The van der Waals surface area contributed by atoms with Gasteiger partial charge in [-0.1, -0.05) is 139 Å². The molecule has 288 valence electrons. The standard InChI is InChI=1S/C41H71O8P/c1-3-5-7-9-11-13-15-17-19-20-22-23-25-27-29-31-33-35-40(42)47-37-39(38-48-50(44,45)46)49-41(43)36-34-32-30-28-26-24-21-18-16-14-12-10-8-6-4-2/h6,8,11-14,17-19,21,39H,3-5,7,9-10,15-16,20,22-38H2,1-2H3,(H2,44,45,46)/b8-6-,13-11-,14-12-,19-17-,21-18-. The Labute approximate surface area is 305 Å². The Bertz CT molecular complexity index is 995. The molecule has 9 heteroatoms. The van der Waals surface area contributed by atoms with Crippen molar-refractivity contribution in [3.05, 3.63) is 60.8 Å². The van der Waals surface area contributed by atoms with Gasteiger partial charge in [-0.3, -0.25) is 14.1 Å².